The van der Waals surface area contributed by atoms with Gasteiger partial charge in [-0.25, -0.2) is 0 Å². The molecule has 0 aliphatic heterocycles. The predicted octanol–water partition coefficient (Wildman–Crippen LogP) is -0.0221. The molecule has 0 aliphatic carbocycles. The summed E-state index contributed by atoms with van der Waals surface area (Å²) in [4.78, 5) is 10.4. The molecule has 0 saturated carbocycles. The fraction of sp³-hybridized carbons (Fsp3) is 0.875. The van der Waals surface area contributed by atoms with E-state index in [1.165, 1.54) is 18.4 Å². The highest BCUT2D eigenvalue weighted by atomic mass is 32.2. The molecule has 0 unspecified atom stereocenters. The van der Waals surface area contributed by atoms with Crippen LogP contribution in [0.5, 0.6) is 0 Å². The van der Waals surface area contributed by atoms with Crippen LogP contribution in [0, 0.1) is 0 Å². The molecule has 0 bridgehead atoms. The average molecular weight is 238 g/mol. The van der Waals surface area contributed by atoms with E-state index in [1.54, 1.807) is 13.8 Å². The fourth-order valence-corrected chi connectivity index (χ4v) is 2.33. The van der Waals surface area contributed by atoms with Gasteiger partial charge in [0.1, 0.15) is 0 Å². The molecule has 15 heavy (non-hydrogen) atoms. The molecular formula is C8H18N2O4S. The SMILES string of the molecule is CC(C)N(CCC(=O)O)S(=O)(=O)N(C)C. The van der Waals surface area contributed by atoms with E-state index in [2.05, 4.69) is 0 Å². The van der Waals surface area contributed by atoms with Crippen molar-refractivity contribution in [3.63, 3.8) is 0 Å². The van der Waals surface area contributed by atoms with Crippen molar-refractivity contribution in [2.75, 3.05) is 20.6 Å². The summed E-state index contributed by atoms with van der Waals surface area (Å²) in [6.07, 6.45) is -0.189. The van der Waals surface area contributed by atoms with Crippen LogP contribution in [0.4, 0.5) is 0 Å². The van der Waals surface area contributed by atoms with Crippen molar-refractivity contribution in [3.8, 4) is 0 Å². The van der Waals surface area contributed by atoms with Crippen molar-refractivity contribution in [2.45, 2.75) is 26.3 Å². The topological polar surface area (TPSA) is 77.9 Å². The molecule has 0 rings (SSSR count). The Kier molecular flexibility index (Phi) is 5.19. The van der Waals surface area contributed by atoms with E-state index >= 15 is 0 Å². The van der Waals surface area contributed by atoms with E-state index in [4.69, 9.17) is 5.11 Å². The van der Waals surface area contributed by atoms with Gasteiger partial charge in [-0.2, -0.15) is 17.0 Å². The predicted molar refractivity (Wildman–Crippen MR) is 56.7 cm³/mol. The van der Waals surface area contributed by atoms with E-state index in [9.17, 15) is 13.2 Å². The molecule has 0 aromatic heterocycles. The molecule has 0 aliphatic rings. The Morgan fingerprint density at radius 1 is 1.33 bits per heavy atom. The molecule has 90 valence electrons. The molecule has 0 fully saturated rings. The Balaban J connectivity index is 4.75. The fourth-order valence-electron chi connectivity index (χ4n) is 1.06. The van der Waals surface area contributed by atoms with Crippen LogP contribution < -0.4 is 0 Å². The third-order valence-electron chi connectivity index (χ3n) is 1.88. The number of hydrogen-bond donors (Lipinski definition) is 1. The number of carbonyl (C=O) groups is 1. The van der Waals surface area contributed by atoms with Gasteiger partial charge in [0.05, 0.1) is 6.42 Å². The zero-order valence-corrected chi connectivity index (χ0v) is 10.3. The van der Waals surface area contributed by atoms with Gasteiger partial charge in [-0.3, -0.25) is 4.79 Å². The quantitative estimate of drug-likeness (QED) is 0.705. The first kappa shape index (κ1) is 14.3. The summed E-state index contributed by atoms with van der Waals surface area (Å²) in [5, 5.41) is 8.51. The maximum Gasteiger partial charge on any atom is 0.304 e. The first-order valence-electron chi connectivity index (χ1n) is 4.60. The summed E-state index contributed by atoms with van der Waals surface area (Å²) in [7, 11) is -0.686. The third kappa shape index (κ3) is 4.15. The molecule has 0 spiro atoms. The highest BCUT2D eigenvalue weighted by molar-refractivity contribution is 7.86. The average Bonchev–Trinajstić information content (AvgIpc) is 2.01. The maximum absolute atomic E-state index is 11.7. The molecule has 0 amide bonds. The van der Waals surface area contributed by atoms with Crippen LogP contribution in [-0.2, 0) is 15.0 Å². The highest BCUT2D eigenvalue weighted by Gasteiger charge is 2.27. The minimum absolute atomic E-state index is 0.00644. The maximum atomic E-state index is 11.7. The van der Waals surface area contributed by atoms with E-state index in [0.717, 1.165) is 4.31 Å². The number of rotatable bonds is 6. The molecule has 0 radical (unpaired) electrons. The van der Waals surface area contributed by atoms with Crippen LogP contribution in [0.25, 0.3) is 0 Å². The van der Waals surface area contributed by atoms with Gasteiger partial charge in [0.15, 0.2) is 0 Å². The largest absolute Gasteiger partial charge is 0.481 e. The Labute approximate surface area is 90.7 Å². The van der Waals surface area contributed by atoms with Gasteiger partial charge in [0.25, 0.3) is 10.2 Å². The number of hydrogen-bond acceptors (Lipinski definition) is 3. The van der Waals surface area contributed by atoms with E-state index in [0.29, 0.717) is 0 Å². The Morgan fingerprint density at radius 3 is 2.07 bits per heavy atom. The van der Waals surface area contributed by atoms with Crippen LogP contribution in [-0.4, -0.2) is 54.8 Å². The van der Waals surface area contributed by atoms with Gasteiger partial charge in [0, 0.05) is 26.7 Å². The molecule has 7 heteroatoms. The molecule has 0 aromatic rings. The summed E-state index contributed by atoms with van der Waals surface area (Å²) in [5.41, 5.74) is 0. The minimum atomic E-state index is -3.53. The van der Waals surface area contributed by atoms with Crippen LogP contribution >= 0.6 is 0 Å². The van der Waals surface area contributed by atoms with Crippen LogP contribution in [0.1, 0.15) is 20.3 Å². The van der Waals surface area contributed by atoms with Gasteiger partial charge >= 0.3 is 5.97 Å². The lowest BCUT2D eigenvalue weighted by Crippen LogP contribution is -2.44. The van der Waals surface area contributed by atoms with Crippen LogP contribution in [0.3, 0.4) is 0 Å². The standard InChI is InChI=1S/C8H18N2O4S/c1-7(2)10(6-5-8(11)12)15(13,14)9(3)4/h7H,5-6H2,1-4H3,(H,11,12). The minimum Gasteiger partial charge on any atom is -0.481 e. The third-order valence-corrected chi connectivity index (χ3v) is 4.00. The summed E-state index contributed by atoms with van der Waals surface area (Å²) < 4.78 is 25.7. The van der Waals surface area contributed by atoms with Crippen molar-refractivity contribution < 1.29 is 18.3 Å². The second-order valence-corrected chi connectivity index (χ2v) is 5.73. The molecule has 0 atom stereocenters. The zero-order valence-electron chi connectivity index (χ0n) is 9.47. The van der Waals surface area contributed by atoms with E-state index < -0.39 is 16.2 Å². The highest BCUT2D eigenvalue weighted by Crippen LogP contribution is 2.10. The molecule has 6 nitrogen and oxygen atoms in total. The summed E-state index contributed by atoms with van der Waals surface area (Å²) >= 11 is 0. The van der Waals surface area contributed by atoms with Crippen molar-refractivity contribution in [1.82, 2.24) is 8.61 Å². The summed E-state index contributed by atoms with van der Waals surface area (Å²) in [5.74, 6) is -1.00. The van der Waals surface area contributed by atoms with Crippen LogP contribution in [0.2, 0.25) is 0 Å². The molecule has 0 heterocycles. The Morgan fingerprint density at radius 2 is 1.80 bits per heavy atom. The van der Waals surface area contributed by atoms with Gasteiger partial charge < -0.3 is 5.11 Å². The van der Waals surface area contributed by atoms with Gasteiger partial charge in [-0.1, -0.05) is 0 Å². The number of carboxylic acid groups (broad SMARTS) is 1. The van der Waals surface area contributed by atoms with E-state index in [1.807, 2.05) is 0 Å². The summed E-state index contributed by atoms with van der Waals surface area (Å²) in [6, 6.07) is -0.253. The van der Waals surface area contributed by atoms with Crippen molar-refractivity contribution in [1.29, 1.82) is 0 Å². The normalized spacial score (nSPS) is 12.7. The molecular weight excluding hydrogens is 220 g/mol. The molecule has 1 N–H and O–H groups in total. The second kappa shape index (κ2) is 5.43. The summed E-state index contributed by atoms with van der Waals surface area (Å²) in [6.45, 7) is 3.42. The lowest BCUT2D eigenvalue weighted by molar-refractivity contribution is -0.137. The smallest absolute Gasteiger partial charge is 0.304 e. The Hall–Kier alpha value is -0.660. The first-order chi connectivity index (χ1) is 6.69. The molecule has 0 aromatic carbocycles. The first-order valence-corrected chi connectivity index (χ1v) is 6.00. The lowest BCUT2D eigenvalue weighted by Gasteiger charge is -2.28. The molecule has 0 saturated heterocycles. The second-order valence-electron chi connectivity index (χ2n) is 3.64. The Bertz CT molecular complexity index is 311. The lowest BCUT2D eigenvalue weighted by atomic mass is 10.3. The van der Waals surface area contributed by atoms with Crippen molar-refractivity contribution in [3.05, 3.63) is 0 Å². The van der Waals surface area contributed by atoms with Crippen molar-refractivity contribution >= 4 is 16.2 Å². The van der Waals surface area contributed by atoms with Gasteiger partial charge in [0.2, 0.25) is 0 Å². The van der Waals surface area contributed by atoms with Gasteiger partial charge in [-0.15, -0.1) is 0 Å². The van der Waals surface area contributed by atoms with Crippen molar-refractivity contribution in [2.24, 2.45) is 0 Å². The van der Waals surface area contributed by atoms with Crippen LogP contribution in [0.15, 0.2) is 0 Å². The number of nitrogens with zero attached hydrogens (tertiary/aromatic N) is 2. The number of carboxylic acids is 1. The number of aliphatic carboxylic acids is 1. The zero-order chi connectivity index (χ0) is 12.2. The van der Waals surface area contributed by atoms with Gasteiger partial charge in [-0.05, 0) is 13.8 Å². The van der Waals surface area contributed by atoms with E-state index in [-0.39, 0.29) is 19.0 Å². The monoisotopic (exact) mass is 238 g/mol.